The summed E-state index contributed by atoms with van der Waals surface area (Å²) in [5.74, 6) is 0.991. The molecule has 2 aromatic carbocycles. The van der Waals surface area contributed by atoms with E-state index in [1.165, 1.54) is 10.9 Å². The molecular formula is C22H22ClN5O. The van der Waals surface area contributed by atoms with Crippen LogP contribution >= 0.6 is 11.6 Å². The van der Waals surface area contributed by atoms with Crippen molar-refractivity contribution in [3.05, 3.63) is 59.2 Å². The zero-order valence-electron chi connectivity index (χ0n) is 16.0. The van der Waals surface area contributed by atoms with Gasteiger partial charge in [0.25, 0.3) is 0 Å². The molecule has 2 N–H and O–H groups in total. The minimum atomic E-state index is -0.163. The molecule has 1 aromatic heterocycles. The van der Waals surface area contributed by atoms with E-state index in [9.17, 15) is 4.79 Å². The molecule has 2 aliphatic rings. The van der Waals surface area contributed by atoms with Crippen LogP contribution in [0.5, 0.6) is 0 Å². The second-order valence-corrected chi connectivity index (χ2v) is 7.79. The van der Waals surface area contributed by atoms with E-state index < -0.39 is 0 Å². The van der Waals surface area contributed by atoms with Crippen LogP contribution in [0.25, 0.3) is 10.8 Å². The number of nitrogens with one attached hydrogen (secondary N) is 2. The van der Waals surface area contributed by atoms with E-state index in [0.717, 1.165) is 49.5 Å². The fourth-order valence-corrected chi connectivity index (χ4v) is 4.31. The second-order valence-electron chi connectivity index (χ2n) is 7.39. The average Bonchev–Trinajstić information content (AvgIpc) is 3.17. The number of nitrogens with zero attached hydrogens (tertiary/aromatic N) is 3. The van der Waals surface area contributed by atoms with E-state index in [1.54, 1.807) is 11.0 Å². The summed E-state index contributed by atoms with van der Waals surface area (Å²) in [4.78, 5) is 21.8. The van der Waals surface area contributed by atoms with Crippen molar-refractivity contribution in [2.75, 3.05) is 47.8 Å². The monoisotopic (exact) mass is 407 g/mol. The van der Waals surface area contributed by atoms with Gasteiger partial charge in [-0.15, -0.1) is 0 Å². The van der Waals surface area contributed by atoms with Crippen LogP contribution in [0.4, 0.5) is 22.0 Å². The molecule has 5 rings (SSSR count). The lowest BCUT2D eigenvalue weighted by atomic mass is 10.1. The Morgan fingerprint density at radius 3 is 2.76 bits per heavy atom. The number of amides is 2. The molecule has 0 bridgehead atoms. The lowest BCUT2D eigenvalue weighted by Crippen LogP contribution is -2.44. The molecule has 7 heteroatoms. The summed E-state index contributed by atoms with van der Waals surface area (Å²) < 4.78 is 0. The molecule has 0 aliphatic carbocycles. The molecule has 1 fully saturated rings. The summed E-state index contributed by atoms with van der Waals surface area (Å²) in [5.41, 5.74) is 2.76. The minimum Gasteiger partial charge on any atom is -0.354 e. The number of halogens is 1. The lowest BCUT2D eigenvalue weighted by Gasteiger charge is -2.29. The Balaban J connectivity index is 1.50. The second kappa shape index (κ2) is 7.54. The summed E-state index contributed by atoms with van der Waals surface area (Å²) in [6, 6.07) is 13.5. The van der Waals surface area contributed by atoms with Gasteiger partial charge in [0.1, 0.15) is 5.82 Å². The van der Waals surface area contributed by atoms with Crippen molar-refractivity contribution >= 4 is 45.6 Å². The van der Waals surface area contributed by atoms with Crippen LogP contribution in [0.3, 0.4) is 0 Å². The SMILES string of the molecule is O=C(Nc1ccccc1Cl)N1CCc2cc3ccnc(N4CCNCC4)c3cc21. The predicted molar refractivity (Wildman–Crippen MR) is 118 cm³/mol. The quantitative estimate of drug-likeness (QED) is 0.676. The van der Waals surface area contributed by atoms with Crippen LogP contribution in [0.15, 0.2) is 48.7 Å². The van der Waals surface area contributed by atoms with E-state index in [1.807, 2.05) is 30.5 Å². The van der Waals surface area contributed by atoms with Crippen molar-refractivity contribution in [3.8, 4) is 0 Å². The lowest BCUT2D eigenvalue weighted by molar-refractivity contribution is 0.257. The van der Waals surface area contributed by atoms with Crippen LogP contribution in [0.1, 0.15) is 5.56 Å². The molecule has 0 unspecified atom stereocenters. The van der Waals surface area contributed by atoms with Gasteiger partial charge in [-0.05, 0) is 47.7 Å². The number of carbonyl (C=O) groups excluding carboxylic acids is 1. The first-order chi connectivity index (χ1) is 14.2. The summed E-state index contributed by atoms with van der Waals surface area (Å²) >= 11 is 6.21. The number of benzene rings is 2. The number of carbonyl (C=O) groups is 1. The number of pyridine rings is 1. The number of para-hydroxylation sites is 1. The Labute approximate surface area is 174 Å². The number of hydrogen-bond donors (Lipinski definition) is 2. The maximum Gasteiger partial charge on any atom is 0.326 e. The van der Waals surface area contributed by atoms with Gasteiger partial charge in [-0.1, -0.05) is 23.7 Å². The molecule has 2 aliphatic heterocycles. The number of urea groups is 1. The topological polar surface area (TPSA) is 60.5 Å². The van der Waals surface area contributed by atoms with Crippen LogP contribution in [0, 0.1) is 0 Å². The summed E-state index contributed by atoms with van der Waals surface area (Å²) in [7, 11) is 0. The first-order valence-corrected chi connectivity index (χ1v) is 10.3. The molecule has 6 nitrogen and oxygen atoms in total. The average molecular weight is 408 g/mol. The third kappa shape index (κ3) is 3.39. The molecular weight excluding hydrogens is 386 g/mol. The molecule has 3 aromatic rings. The molecule has 0 radical (unpaired) electrons. The summed E-state index contributed by atoms with van der Waals surface area (Å²) in [6.45, 7) is 4.42. The maximum absolute atomic E-state index is 13.0. The molecule has 3 heterocycles. The Kier molecular flexibility index (Phi) is 4.73. The zero-order valence-corrected chi connectivity index (χ0v) is 16.7. The van der Waals surface area contributed by atoms with Gasteiger partial charge in [-0.25, -0.2) is 9.78 Å². The molecule has 0 saturated carbocycles. The zero-order chi connectivity index (χ0) is 19.8. The maximum atomic E-state index is 13.0. The van der Waals surface area contributed by atoms with E-state index >= 15 is 0 Å². The number of hydrogen-bond acceptors (Lipinski definition) is 4. The van der Waals surface area contributed by atoms with E-state index in [4.69, 9.17) is 11.6 Å². The Morgan fingerprint density at radius 1 is 1.10 bits per heavy atom. The van der Waals surface area contributed by atoms with Crippen molar-refractivity contribution in [1.82, 2.24) is 10.3 Å². The molecule has 29 heavy (non-hydrogen) atoms. The van der Waals surface area contributed by atoms with Gasteiger partial charge < -0.3 is 15.5 Å². The predicted octanol–water partition coefficient (Wildman–Crippen LogP) is 3.89. The number of anilines is 3. The van der Waals surface area contributed by atoms with Gasteiger partial charge >= 0.3 is 6.03 Å². The molecule has 0 atom stereocenters. The summed E-state index contributed by atoms with van der Waals surface area (Å²) in [6.07, 6.45) is 2.72. The highest BCUT2D eigenvalue weighted by Crippen LogP contribution is 2.36. The van der Waals surface area contributed by atoms with E-state index in [2.05, 4.69) is 32.7 Å². The smallest absolute Gasteiger partial charge is 0.326 e. The Morgan fingerprint density at radius 2 is 1.93 bits per heavy atom. The van der Waals surface area contributed by atoms with Crippen molar-refractivity contribution < 1.29 is 4.79 Å². The van der Waals surface area contributed by atoms with Crippen molar-refractivity contribution in [2.45, 2.75) is 6.42 Å². The van der Waals surface area contributed by atoms with Crippen LogP contribution < -0.4 is 20.4 Å². The highest BCUT2D eigenvalue weighted by atomic mass is 35.5. The Bertz CT molecular complexity index is 1080. The first kappa shape index (κ1) is 18.2. The van der Waals surface area contributed by atoms with Crippen molar-refractivity contribution in [3.63, 3.8) is 0 Å². The number of aromatic nitrogens is 1. The third-order valence-corrected chi connectivity index (χ3v) is 5.94. The van der Waals surface area contributed by atoms with E-state index in [-0.39, 0.29) is 6.03 Å². The molecule has 0 spiro atoms. The van der Waals surface area contributed by atoms with Crippen molar-refractivity contribution in [1.29, 1.82) is 0 Å². The highest BCUT2D eigenvalue weighted by Gasteiger charge is 2.27. The minimum absolute atomic E-state index is 0.163. The van der Waals surface area contributed by atoms with Gasteiger partial charge in [0.15, 0.2) is 0 Å². The standard InChI is InChI=1S/C22H22ClN5O/c23-18-3-1-2-4-19(18)26-22(29)28-10-6-16-13-15-5-7-25-21(17(15)14-20(16)28)27-11-8-24-9-12-27/h1-5,7,13-14,24H,6,8-12H2,(H,26,29). The number of rotatable bonds is 2. The number of fused-ring (bicyclic) bond motifs is 2. The molecule has 1 saturated heterocycles. The van der Waals surface area contributed by atoms with Gasteiger partial charge in [-0.3, -0.25) is 4.90 Å². The van der Waals surface area contributed by atoms with Crippen LogP contribution in [-0.2, 0) is 6.42 Å². The van der Waals surface area contributed by atoms with Crippen LogP contribution in [-0.4, -0.2) is 43.7 Å². The third-order valence-electron chi connectivity index (χ3n) is 5.62. The van der Waals surface area contributed by atoms with Gasteiger partial charge in [0.2, 0.25) is 0 Å². The normalized spacial score (nSPS) is 16.2. The number of piperazine rings is 1. The molecule has 2 amide bonds. The highest BCUT2D eigenvalue weighted by molar-refractivity contribution is 6.33. The van der Waals surface area contributed by atoms with Crippen LogP contribution in [0.2, 0.25) is 5.02 Å². The van der Waals surface area contributed by atoms with Gasteiger partial charge in [0, 0.05) is 50.0 Å². The van der Waals surface area contributed by atoms with Gasteiger partial charge in [0.05, 0.1) is 10.7 Å². The van der Waals surface area contributed by atoms with E-state index in [0.29, 0.717) is 17.3 Å². The fourth-order valence-electron chi connectivity index (χ4n) is 4.13. The summed E-state index contributed by atoms with van der Waals surface area (Å²) in [5, 5.41) is 9.11. The van der Waals surface area contributed by atoms with Crippen molar-refractivity contribution in [2.24, 2.45) is 0 Å². The fraction of sp³-hybridized carbons (Fsp3) is 0.273. The Hall–Kier alpha value is -2.83. The van der Waals surface area contributed by atoms with Gasteiger partial charge in [-0.2, -0.15) is 0 Å². The molecule has 148 valence electrons. The largest absolute Gasteiger partial charge is 0.354 e. The first-order valence-electron chi connectivity index (χ1n) is 9.91.